The Bertz CT molecular complexity index is 780. The molecule has 0 aliphatic heterocycles. The van der Waals surface area contributed by atoms with Crippen molar-refractivity contribution < 1.29 is 9.90 Å². The third-order valence-electron chi connectivity index (χ3n) is 3.13. The van der Waals surface area contributed by atoms with Crippen LogP contribution in [0.4, 0.5) is 0 Å². The van der Waals surface area contributed by atoms with Gasteiger partial charge < -0.3 is 10.4 Å². The molecular formula is C16H13N3O2. The number of nitrogens with one attached hydrogen (secondary N) is 1. The molecular weight excluding hydrogens is 266 g/mol. The lowest BCUT2D eigenvalue weighted by Gasteiger charge is -2.07. The summed E-state index contributed by atoms with van der Waals surface area (Å²) in [5.74, 6) is 0.00331. The first kappa shape index (κ1) is 13.1. The Morgan fingerprint density at radius 1 is 1.05 bits per heavy atom. The smallest absolute Gasteiger partial charge is 0.253 e. The van der Waals surface area contributed by atoms with Gasteiger partial charge in [0.2, 0.25) is 0 Å². The molecule has 1 heterocycles. The first-order chi connectivity index (χ1) is 10.2. The van der Waals surface area contributed by atoms with Gasteiger partial charge >= 0.3 is 0 Å². The van der Waals surface area contributed by atoms with E-state index < -0.39 is 0 Å². The van der Waals surface area contributed by atoms with Crippen molar-refractivity contribution in [1.82, 2.24) is 15.3 Å². The third-order valence-corrected chi connectivity index (χ3v) is 3.13. The normalized spacial score (nSPS) is 10.5. The number of phenolic OH excluding ortho intramolecular Hbond substituents is 1. The van der Waals surface area contributed by atoms with Crippen molar-refractivity contribution >= 4 is 16.9 Å². The van der Waals surface area contributed by atoms with Crippen molar-refractivity contribution in [3.05, 3.63) is 66.0 Å². The van der Waals surface area contributed by atoms with Gasteiger partial charge in [0, 0.05) is 18.9 Å². The van der Waals surface area contributed by atoms with Crippen LogP contribution in [0.25, 0.3) is 11.0 Å². The van der Waals surface area contributed by atoms with Gasteiger partial charge in [0.15, 0.2) is 0 Å². The Balaban J connectivity index is 1.79. The van der Waals surface area contributed by atoms with Crippen molar-refractivity contribution in [2.24, 2.45) is 0 Å². The number of fused-ring (bicyclic) bond motifs is 1. The highest BCUT2D eigenvalue weighted by Crippen LogP contribution is 2.14. The zero-order valence-electron chi connectivity index (χ0n) is 11.2. The van der Waals surface area contributed by atoms with E-state index in [0.29, 0.717) is 23.1 Å². The van der Waals surface area contributed by atoms with E-state index >= 15 is 0 Å². The first-order valence-electron chi connectivity index (χ1n) is 6.50. The second-order valence-electron chi connectivity index (χ2n) is 4.58. The molecule has 2 aromatic carbocycles. The SMILES string of the molecule is O=C(NCc1ccc(O)cc1)c1cccc2nccnc12. The van der Waals surface area contributed by atoms with Gasteiger partial charge in [-0.2, -0.15) is 0 Å². The topological polar surface area (TPSA) is 75.1 Å². The fourth-order valence-electron chi connectivity index (χ4n) is 2.07. The predicted molar refractivity (Wildman–Crippen MR) is 78.8 cm³/mol. The zero-order valence-corrected chi connectivity index (χ0v) is 11.2. The fraction of sp³-hybridized carbons (Fsp3) is 0.0625. The molecule has 5 nitrogen and oxygen atoms in total. The average molecular weight is 279 g/mol. The largest absolute Gasteiger partial charge is 0.508 e. The van der Waals surface area contributed by atoms with Crippen LogP contribution in [0.3, 0.4) is 0 Å². The maximum absolute atomic E-state index is 12.3. The number of carbonyl (C=O) groups excluding carboxylic acids is 1. The minimum atomic E-state index is -0.200. The second-order valence-corrected chi connectivity index (χ2v) is 4.58. The molecule has 3 aromatic rings. The molecule has 0 radical (unpaired) electrons. The number of para-hydroxylation sites is 1. The monoisotopic (exact) mass is 279 g/mol. The van der Waals surface area contributed by atoms with Crippen molar-refractivity contribution in [3.8, 4) is 5.75 Å². The highest BCUT2D eigenvalue weighted by atomic mass is 16.3. The number of phenols is 1. The van der Waals surface area contributed by atoms with E-state index in [2.05, 4.69) is 15.3 Å². The third kappa shape index (κ3) is 2.81. The van der Waals surface area contributed by atoms with E-state index in [4.69, 9.17) is 0 Å². The Kier molecular flexibility index (Phi) is 3.47. The fourth-order valence-corrected chi connectivity index (χ4v) is 2.07. The number of nitrogens with zero attached hydrogens (tertiary/aromatic N) is 2. The molecule has 0 aliphatic rings. The van der Waals surface area contributed by atoms with E-state index in [1.807, 2.05) is 6.07 Å². The predicted octanol–water partition coefficient (Wildman–Crippen LogP) is 2.27. The zero-order chi connectivity index (χ0) is 14.7. The van der Waals surface area contributed by atoms with E-state index in [1.54, 1.807) is 48.8 Å². The molecule has 2 N–H and O–H groups in total. The molecule has 0 saturated heterocycles. The molecule has 1 amide bonds. The maximum atomic E-state index is 12.3. The number of hydrogen-bond acceptors (Lipinski definition) is 4. The van der Waals surface area contributed by atoms with Crippen LogP contribution in [0, 0.1) is 0 Å². The number of aromatic nitrogens is 2. The summed E-state index contributed by atoms with van der Waals surface area (Å²) in [4.78, 5) is 20.7. The molecule has 0 aliphatic carbocycles. The summed E-state index contributed by atoms with van der Waals surface area (Å²) in [5, 5.41) is 12.1. The van der Waals surface area contributed by atoms with Crippen LogP contribution >= 0.6 is 0 Å². The quantitative estimate of drug-likeness (QED) is 0.771. The van der Waals surface area contributed by atoms with Crippen LogP contribution in [0.5, 0.6) is 5.75 Å². The van der Waals surface area contributed by atoms with Gasteiger partial charge in [-0.3, -0.25) is 14.8 Å². The molecule has 1 aromatic heterocycles. The van der Waals surface area contributed by atoms with Crippen LogP contribution in [0.2, 0.25) is 0 Å². The van der Waals surface area contributed by atoms with Gasteiger partial charge in [0.25, 0.3) is 5.91 Å². The average Bonchev–Trinajstić information content (AvgIpc) is 2.53. The molecule has 21 heavy (non-hydrogen) atoms. The summed E-state index contributed by atoms with van der Waals surface area (Å²) < 4.78 is 0. The molecule has 0 saturated carbocycles. The molecule has 0 fully saturated rings. The lowest BCUT2D eigenvalue weighted by Crippen LogP contribution is -2.23. The first-order valence-corrected chi connectivity index (χ1v) is 6.50. The van der Waals surface area contributed by atoms with E-state index in [0.717, 1.165) is 5.56 Å². The van der Waals surface area contributed by atoms with Crippen LogP contribution in [-0.2, 0) is 6.54 Å². The number of amides is 1. The highest BCUT2D eigenvalue weighted by Gasteiger charge is 2.10. The van der Waals surface area contributed by atoms with Crippen LogP contribution in [0.1, 0.15) is 15.9 Å². The molecule has 0 bridgehead atoms. The molecule has 0 unspecified atom stereocenters. The summed E-state index contributed by atoms with van der Waals surface area (Å²) in [7, 11) is 0. The Hall–Kier alpha value is -2.95. The molecule has 3 rings (SSSR count). The van der Waals surface area contributed by atoms with Crippen LogP contribution in [-0.4, -0.2) is 21.0 Å². The Morgan fingerprint density at radius 3 is 2.62 bits per heavy atom. The van der Waals surface area contributed by atoms with Gasteiger partial charge in [-0.25, -0.2) is 0 Å². The lowest BCUT2D eigenvalue weighted by atomic mass is 10.1. The summed E-state index contributed by atoms with van der Waals surface area (Å²) in [6, 6.07) is 12.0. The van der Waals surface area contributed by atoms with Crippen molar-refractivity contribution in [2.75, 3.05) is 0 Å². The standard InChI is InChI=1S/C16H13N3O2/c20-12-6-4-11(5-7-12)10-19-16(21)13-2-1-3-14-15(13)18-9-8-17-14/h1-9,20H,10H2,(H,19,21). The van der Waals surface area contributed by atoms with Crippen molar-refractivity contribution in [1.29, 1.82) is 0 Å². The van der Waals surface area contributed by atoms with Crippen LogP contribution in [0.15, 0.2) is 54.9 Å². The highest BCUT2D eigenvalue weighted by molar-refractivity contribution is 6.04. The van der Waals surface area contributed by atoms with Gasteiger partial charge in [-0.1, -0.05) is 18.2 Å². The van der Waals surface area contributed by atoms with E-state index in [1.165, 1.54) is 0 Å². The number of hydrogen-bond donors (Lipinski definition) is 2. The number of benzene rings is 2. The number of aromatic hydroxyl groups is 1. The second kappa shape index (κ2) is 5.58. The number of rotatable bonds is 3. The molecule has 5 heteroatoms. The molecule has 0 atom stereocenters. The van der Waals surface area contributed by atoms with E-state index in [-0.39, 0.29) is 11.7 Å². The van der Waals surface area contributed by atoms with Gasteiger partial charge in [0.1, 0.15) is 11.3 Å². The Labute approximate surface area is 121 Å². The van der Waals surface area contributed by atoms with E-state index in [9.17, 15) is 9.90 Å². The minimum Gasteiger partial charge on any atom is -0.508 e. The maximum Gasteiger partial charge on any atom is 0.253 e. The van der Waals surface area contributed by atoms with Gasteiger partial charge in [0.05, 0.1) is 11.1 Å². The van der Waals surface area contributed by atoms with Crippen molar-refractivity contribution in [2.45, 2.75) is 6.54 Å². The van der Waals surface area contributed by atoms with Crippen molar-refractivity contribution in [3.63, 3.8) is 0 Å². The minimum absolute atomic E-state index is 0.200. The molecule has 104 valence electrons. The summed E-state index contributed by atoms with van der Waals surface area (Å²) in [6.45, 7) is 0.385. The van der Waals surface area contributed by atoms with Gasteiger partial charge in [-0.05, 0) is 29.8 Å². The number of carbonyl (C=O) groups is 1. The van der Waals surface area contributed by atoms with Crippen LogP contribution < -0.4 is 5.32 Å². The summed E-state index contributed by atoms with van der Waals surface area (Å²) in [5.41, 5.74) is 2.69. The molecule has 0 spiro atoms. The lowest BCUT2D eigenvalue weighted by molar-refractivity contribution is 0.0952. The van der Waals surface area contributed by atoms with Gasteiger partial charge in [-0.15, -0.1) is 0 Å². The summed E-state index contributed by atoms with van der Waals surface area (Å²) in [6.07, 6.45) is 3.17. The summed E-state index contributed by atoms with van der Waals surface area (Å²) >= 11 is 0. The Morgan fingerprint density at radius 2 is 1.81 bits per heavy atom.